The number of rotatable bonds is 3. The van der Waals surface area contributed by atoms with Crippen molar-refractivity contribution in [3.63, 3.8) is 0 Å². The van der Waals surface area contributed by atoms with Crippen LogP contribution in [0.1, 0.15) is 5.56 Å². The second-order valence-corrected chi connectivity index (χ2v) is 3.94. The Bertz CT molecular complexity index is 417. The Morgan fingerprint density at radius 1 is 1.36 bits per heavy atom. The number of hydrogen-bond donors (Lipinski definition) is 1. The summed E-state index contributed by atoms with van der Waals surface area (Å²) in [5, 5.41) is 2.63. The first-order chi connectivity index (χ1) is 6.01. The van der Waals surface area contributed by atoms with Crippen LogP contribution in [0.3, 0.4) is 0 Å². The van der Waals surface area contributed by atoms with Crippen molar-refractivity contribution < 1.29 is 13.0 Å². The van der Waals surface area contributed by atoms with Gasteiger partial charge in [0, 0.05) is 0 Å². The Kier molecular flexibility index (Phi) is 5.46. The number of nitrogens with zero attached hydrogens (tertiary/aromatic N) is 1. The predicted octanol–water partition coefficient (Wildman–Crippen LogP) is 0.824. The molecule has 0 saturated heterocycles. The first kappa shape index (κ1) is 13.7. The second kappa shape index (κ2) is 5.57. The van der Waals surface area contributed by atoms with Gasteiger partial charge in [-0.25, -0.2) is 0 Å². The van der Waals surface area contributed by atoms with E-state index in [0.717, 1.165) is 0 Å². The van der Waals surface area contributed by atoms with Crippen molar-refractivity contribution >= 4 is 45.4 Å². The van der Waals surface area contributed by atoms with Crippen molar-refractivity contribution in [3.8, 4) is 0 Å². The molecule has 7 heteroatoms. The Labute approximate surface area is 104 Å². The fourth-order valence-electron chi connectivity index (χ4n) is 0.914. The number of hydrogen-bond acceptors (Lipinski definition) is 4. The van der Waals surface area contributed by atoms with Crippen LogP contribution in [-0.2, 0) is 15.9 Å². The van der Waals surface area contributed by atoms with E-state index in [1.165, 1.54) is 24.3 Å². The van der Waals surface area contributed by atoms with E-state index in [-0.39, 0.29) is 35.2 Å². The summed E-state index contributed by atoms with van der Waals surface area (Å²) in [4.78, 5) is 10.1. The van der Waals surface area contributed by atoms with Crippen molar-refractivity contribution in [2.75, 3.05) is 0 Å². The van der Waals surface area contributed by atoms with E-state index in [4.69, 9.17) is 4.55 Å². The van der Waals surface area contributed by atoms with E-state index in [2.05, 4.69) is 5.18 Å². The average molecular weight is 225 g/mol. The van der Waals surface area contributed by atoms with E-state index >= 15 is 0 Å². The van der Waals surface area contributed by atoms with Gasteiger partial charge >= 0.3 is 29.6 Å². The van der Waals surface area contributed by atoms with Gasteiger partial charge in [-0.15, -0.1) is 4.91 Å². The maximum atomic E-state index is 10.4. The van der Waals surface area contributed by atoms with Crippen LogP contribution in [-0.4, -0.2) is 42.5 Å². The van der Waals surface area contributed by atoms with Crippen molar-refractivity contribution in [2.24, 2.45) is 5.18 Å². The second-order valence-electron chi connectivity index (χ2n) is 2.49. The molecular weight excluding hydrogens is 217 g/mol. The molecule has 14 heavy (non-hydrogen) atoms. The van der Waals surface area contributed by atoms with Gasteiger partial charge in [0.2, 0.25) is 0 Å². The Morgan fingerprint density at radius 2 is 2.00 bits per heavy atom. The van der Waals surface area contributed by atoms with Gasteiger partial charge < -0.3 is 0 Å². The fourth-order valence-corrected chi connectivity index (χ4v) is 1.51. The molecule has 1 aromatic rings. The fraction of sp³-hybridized carbons (Fsp3) is 0.143. The molecule has 0 amide bonds. The third-order valence-corrected chi connectivity index (χ3v) is 2.06. The molecular formula is C7H8NNaO4S. The first-order valence-electron chi connectivity index (χ1n) is 3.39. The molecule has 0 fully saturated rings. The quantitative estimate of drug-likeness (QED) is 0.469. The van der Waals surface area contributed by atoms with Crippen molar-refractivity contribution in [2.45, 2.75) is 5.75 Å². The third-order valence-electron chi connectivity index (χ3n) is 1.37. The molecule has 0 unspecified atom stereocenters. The zero-order valence-electron chi connectivity index (χ0n) is 6.54. The Hall–Kier alpha value is -0.270. The zero-order chi connectivity index (χ0) is 9.90. The minimum absolute atomic E-state index is 0. The summed E-state index contributed by atoms with van der Waals surface area (Å²) in [7, 11) is -4.05. The molecule has 0 aliphatic heterocycles. The van der Waals surface area contributed by atoms with Crippen LogP contribution in [0.15, 0.2) is 29.4 Å². The molecule has 0 radical (unpaired) electrons. The summed E-state index contributed by atoms with van der Waals surface area (Å²) in [6.07, 6.45) is 0. The van der Waals surface area contributed by atoms with Gasteiger partial charge in [-0.05, 0) is 22.9 Å². The summed E-state index contributed by atoms with van der Waals surface area (Å²) >= 11 is 0. The van der Waals surface area contributed by atoms with E-state index in [0.29, 0.717) is 5.56 Å². The first-order valence-corrected chi connectivity index (χ1v) is 4.99. The van der Waals surface area contributed by atoms with Gasteiger partial charge in [0.25, 0.3) is 10.1 Å². The van der Waals surface area contributed by atoms with E-state index < -0.39 is 15.9 Å². The summed E-state index contributed by atoms with van der Waals surface area (Å²) in [6.45, 7) is 0. The van der Waals surface area contributed by atoms with Gasteiger partial charge in [0.05, 0.1) is 0 Å². The molecule has 0 saturated carbocycles. The number of benzene rings is 1. The molecule has 0 aromatic heterocycles. The molecule has 0 bridgehead atoms. The van der Waals surface area contributed by atoms with E-state index in [1.807, 2.05) is 0 Å². The summed E-state index contributed by atoms with van der Waals surface area (Å²) in [5.41, 5.74) is 0.473. The van der Waals surface area contributed by atoms with Crippen molar-refractivity contribution in [1.29, 1.82) is 0 Å². The van der Waals surface area contributed by atoms with Gasteiger partial charge in [0.1, 0.15) is 11.4 Å². The van der Waals surface area contributed by atoms with Crippen LogP contribution in [0.25, 0.3) is 0 Å². The topological polar surface area (TPSA) is 83.8 Å². The van der Waals surface area contributed by atoms with Crippen molar-refractivity contribution in [3.05, 3.63) is 34.7 Å². The van der Waals surface area contributed by atoms with Gasteiger partial charge in [-0.3, -0.25) is 4.55 Å². The zero-order valence-corrected chi connectivity index (χ0v) is 7.36. The van der Waals surface area contributed by atoms with E-state index in [9.17, 15) is 13.3 Å². The molecule has 0 aliphatic rings. The van der Waals surface area contributed by atoms with E-state index in [1.54, 1.807) is 0 Å². The molecule has 0 spiro atoms. The molecule has 0 aliphatic carbocycles. The SMILES string of the molecule is O=Nc1cccc(CS(=O)(=O)O)c1.[NaH]. The monoisotopic (exact) mass is 225 g/mol. The molecule has 72 valence electrons. The van der Waals surface area contributed by atoms with Crippen LogP contribution >= 0.6 is 0 Å². The average Bonchev–Trinajstić information content (AvgIpc) is 2.01. The van der Waals surface area contributed by atoms with Gasteiger partial charge in [-0.1, -0.05) is 12.1 Å². The van der Waals surface area contributed by atoms with Crippen molar-refractivity contribution in [1.82, 2.24) is 0 Å². The molecule has 5 nitrogen and oxygen atoms in total. The Morgan fingerprint density at radius 3 is 2.50 bits per heavy atom. The maximum absolute atomic E-state index is 10.4. The molecule has 1 N–H and O–H groups in total. The molecule has 0 atom stereocenters. The van der Waals surface area contributed by atoms with Crippen LogP contribution in [0.2, 0.25) is 0 Å². The third kappa shape index (κ3) is 4.83. The predicted molar refractivity (Wildman–Crippen MR) is 54.3 cm³/mol. The van der Waals surface area contributed by atoms with Crippen LogP contribution in [0.5, 0.6) is 0 Å². The van der Waals surface area contributed by atoms with Crippen LogP contribution < -0.4 is 0 Å². The summed E-state index contributed by atoms with van der Waals surface area (Å²) in [6, 6.07) is 5.74. The molecule has 0 heterocycles. The van der Waals surface area contributed by atoms with Crippen LogP contribution in [0.4, 0.5) is 5.69 Å². The molecule has 1 rings (SSSR count). The standard InChI is InChI=1S/C7H7NO4S.Na.H/c9-8-7-3-1-2-6(4-7)5-13(10,11)12;;/h1-4H,5H2,(H,10,11,12);;. The minimum atomic E-state index is -4.05. The molecule has 1 aromatic carbocycles. The summed E-state index contributed by atoms with van der Waals surface area (Å²) < 4.78 is 29.4. The van der Waals surface area contributed by atoms with Gasteiger partial charge in [-0.2, -0.15) is 8.42 Å². The van der Waals surface area contributed by atoms with Crippen LogP contribution in [0, 0.1) is 4.91 Å². The Balaban J connectivity index is 0.00000169. The normalized spacial score (nSPS) is 10.4. The number of nitroso groups, excluding NO2 is 1. The summed E-state index contributed by atoms with van der Waals surface area (Å²) in [5.74, 6) is -0.504. The van der Waals surface area contributed by atoms with Gasteiger partial charge in [0.15, 0.2) is 0 Å².